The Morgan fingerprint density at radius 3 is 2.28 bits per heavy atom. The van der Waals surface area contributed by atoms with E-state index in [2.05, 4.69) is 15.9 Å². The van der Waals surface area contributed by atoms with E-state index < -0.39 is 14.6 Å². The van der Waals surface area contributed by atoms with Crippen LogP contribution in [0.1, 0.15) is 39.5 Å². The SMILES string of the molecule is CC(C)(C(=O)N(CCCBr)C1CCC1)S(C)(=O)=O. The number of rotatable bonds is 6. The van der Waals surface area contributed by atoms with Crippen molar-refractivity contribution >= 4 is 31.7 Å². The Bertz CT molecular complexity index is 402. The van der Waals surface area contributed by atoms with Crippen molar-refractivity contribution in [3.8, 4) is 0 Å². The number of hydrogen-bond donors (Lipinski definition) is 0. The van der Waals surface area contributed by atoms with Gasteiger partial charge in [-0.3, -0.25) is 4.79 Å². The molecule has 0 aliphatic heterocycles. The summed E-state index contributed by atoms with van der Waals surface area (Å²) >= 11 is 3.35. The Balaban J connectivity index is 2.87. The molecule has 0 radical (unpaired) electrons. The Hall–Kier alpha value is -0.100. The zero-order chi connectivity index (χ0) is 14.0. The number of carbonyl (C=O) groups is 1. The van der Waals surface area contributed by atoms with E-state index in [1.54, 1.807) is 4.90 Å². The predicted octanol–water partition coefficient (Wildman–Crippen LogP) is 1.98. The molecule has 18 heavy (non-hydrogen) atoms. The van der Waals surface area contributed by atoms with E-state index in [0.717, 1.165) is 37.3 Å². The molecule has 0 N–H and O–H groups in total. The summed E-state index contributed by atoms with van der Waals surface area (Å²) in [5, 5.41) is 0.822. The Morgan fingerprint density at radius 2 is 1.94 bits per heavy atom. The second kappa shape index (κ2) is 5.90. The van der Waals surface area contributed by atoms with Gasteiger partial charge in [0.05, 0.1) is 0 Å². The van der Waals surface area contributed by atoms with Gasteiger partial charge in [0.15, 0.2) is 9.84 Å². The molecule has 4 nitrogen and oxygen atoms in total. The van der Waals surface area contributed by atoms with Crippen molar-refractivity contribution in [2.45, 2.75) is 50.3 Å². The highest BCUT2D eigenvalue weighted by Gasteiger charge is 2.43. The van der Waals surface area contributed by atoms with Crippen LogP contribution in [-0.4, -0.2) is 48.1 Å². The summed E-state index contributed by atoms with van der Waals surface area (Å²) in [7, 11) is -3.39. The maximum Gasteiger partial charge on any atom is 0.243 e. The van der Waals surface area contributed by atoms with Crippen molar-refractivity contribution in [3.63, 3.8) is 0 Å². The topological polar surface area (TPSA) is 54.5 Å². The van der Waals surface area contributed by atoms with Gasteiger partial charge in [-0.05, 0) is 39.5 Å². The third kappa shape index (κ3) is 3.26. The number of amides is 1. The first kappa shape index (κ1) is 16.0. The molecule has 1 aliphatic rings. The molecule has 1 rings (SSSR count). The summed E-state index contributed by atoms with van der Waals surface area (Å²) in [6.45, 7) is 3.64. The molecule has 0 spiro atoms. The van der Waals surface area contributed by atoms with Crippen LogP contribution in [0.5, 0.6) is 0 Å². The van der Waals surface area contributed by atoms with Crippen LogP contribution in [0.25, 0.3) is 0 Å². The fraction of sp³-hybridized carbons (Fsp3) is 0.917. The quantitative estimate of drug-likeness (QED) is 0.695. The number of hydrogen-bond acceptors (Lipinski definition) is 3. The smallest absolute Gasteiger partial charge is 0.243 e. The molecule has 0 saturated heterocycles. The molecule has 6 heteroatoms. The average molecular weight is 340 g/mol. The highest BCUT2D eigenvalue weighted by Crippen LogP contribution is 2.29. The monoisotopic (exact) mass is 339 g/mol. The second-order valence-electron chi connectivity index (χ2n) is 5.41. The second-order valence-corrected chi connectivity index (χ2v) is 8.77. The van der Waals surface area contributed by atoms with E-state index in [4.69, 9.17) is 0 Å². The normalized spacial score (nSPS) is 17.3. The number of nitrogens with zero attached hydrogens (tertiary/aromatic N) is 1. The van der Waals surface area contributed by atoms with E-state index >= 15 is 0 Å². The summed E-state index contributed by atoms with van der Waals surface area (Å²) in [6.07, 6.45) is 5.10. The fourth-order valence-electron chi connectivity index (χ4n) is 1.88. The van der Waals surface area contributed by atoms with Crippen molar-refractivity contribution in [1.82, 2.24) is 4.90 Å². The van der Waals surface area contributed by atoms with Crippen LogP contribution < -0.4 is 0 Å². The molecule has 0 aromatic heterocycles. The van der Waals surface area contributed by atoms with Crippen molar-refractivity contribution in [2.24, 2.45) is 0 Å². The van der Waals surface area contributed by atoms with Crippen molar-refractivity contribution in [3.05, 3.63) is 0 Å². The largest absolute Gasteiger partial charge is 0.338 e. The predicted molar refractivity (Wildman–Crippen MR) is 76.7 cm³/mol. The van der Waals surface area contributed by atoms with E-state index in [1.165, 1.54) is 13.8 Å². The first-order chi connectivity index (χ1) is 8.21. The van der Waals surface area contributed by atoms with Crippen LogP contribution in [-0.2, 0) is 14.6 Å². The van der Waals surface area contributed by atoms with Gasteiger partial charge in [-0.15, -0.1) is 0 Å². The van der Waals surface area contributed by atoms with Gasteiger partial charge in [0, 0.05) is 24.2 Å². The maximum atomic E-state index is 12.5. The number of alkyl halides is 1. The molecule has 0 bridgehead atoms. The van der Waals surface area contributed by atoms with E-state index in [1.807, 2.05) is 0 Å². The van der Waals surface area contributed by atoms with E-state index in [9.17, 15) is 13.2 Å². The molecule has 0 aromatic carbocycles. The molecule has 0 aromatic rings. The van der Waals surface area contributed by atoms with Gasteiger partial charge in [-0.1, -0.05) is 15.9 Å². The summed E-state index contributed by atoms with van der Waals surface area (Å²) in [4.78, 5) is 14.3. The summed E-state index contributed by atoms with van der Waals surface area (Å²) in [5.41, 5.74) is 0. The standard InChI is InChI=1S/C12H22BrNO3S/c1-12(2,18(3,16)17)11(15)14(9-5-8-13)10-6-4-7-10/h10H,4-9H2,1-3H3. The Morgan fingerprint density at radius 1 is 1.39 bits per heavy atom. The van der Waals surface area contributed by atoms with Crippen molar-refractivity contribution < 1.29 is 13.2 Å². The number of sulfone groups is 1. The van der Waals surface area contributed by atoms with Crippen LogP contribution in [0, 0.1) is 0 Å². The molecule has 1 aliphatic carbocycles. The van der Waals surface area contributed by atoms with Gasteiger partial charge < -0.3 is 4.90 Å². The molecule has 1 saturated carbocycles. The molecule has 1 fully saturated rings. The minimum Gasteiger partial charge on any atom is -0.338 e. The van der Waals surface area contributed by atoms with E-state index in [0.29, 0.717) is 6.54 Å². The average Bonchev–Trinajstić information content (AvgIpc) is 2.18. The first-order valence-corrected chi connectivity index (χ1v) is 9.29. The number of carbonyl (C=O) groups excluding carboxylic acids is 1. The zero-order valence-corrected chi connectivity index (χ0v) is 13.7. The molecular weight excluding hydrogens is 318 g/mol. The summed E-state index contributed by atoms with van der Waals surface area (Å²) in [6, 6.07) is 0.234. The van der Waals surface area contributed by atoms with Gasteiger partial charge >= 0.3 is 0 Å². The first-order valence-electron chi connectivity index (χ1n) is 6.28. The lowest BCUT2D eigenvalue weighted by Crippen LogP contribution is -2.55. The van der Waals surface area contributed by atoms with E-state index in [-0.39, 0.29) is 11.9 Å². The molecular formula is C12H22BrNO3S. The van der Waals surface area contributed by atoms with Crippen LogP contribution >= 0.6 is 15.9 Å². The van der Waals surface area contributed by atoms with Crippen LogP contribution in [0.15, 0.2) is 0 Å². The molecule has 1 amide bonds. The molecule has 0 unspecified atom stereocenters. The third-order valence-electron chi connectivity index (χ3n) is 3.75. The lowest BCUT2D eigenvalue weighted by Gasteiger charge is -2.41. The van der Waals surface area contributed by atoms with Gasteiger partial charge in [0.25, 0.3) is 0 Å². The Labute approximate surface area is 118 Å². The van der Waals surface area contributed by atoms with Gasteiger partial charge in [0.1, 0.15) is 4.75 Å². The van der Waals surface area contributed by atoms with Crippen LogP contribution in [0.3, 0.4) is 0 Å². The number of halogens is 1. The maximum absolute atomic E-state index is 12.5. The van der Waals surface area contributed by atoms with Crippen molar-refractivity contribution in [1.29, 1.82) is 0 Å². The summed E-state index contributed by atoms with van der Waals surface area (Å²) in [5.74, 6) is -0.254. The fourth-order valence-corrected chi connectivity index (χ4v) is 2.57. The van der Waals surface area contributed by atoms with Crippen LogP contribution in [0.4, 0.5) is 0 Å². The Kier molecular flexibility index (Phi) is 5.23. The lowest BCUT2D eigenvalue weighted by atomic mass is 9.90. The van der Waals surface area contributed by atoms with Gasteiger partial charge in [-0.25, -0.2) is 8.42 Å². The summed E-state index contributed by atoms with van der Waals surface area (Å²) < 4.78 is 22.2. The van der Waals surface area contributed by atoms with Gasteiger partial charge in [-0.2, -0.15) is 0 Å². The zero-order valence-electron chi connectivity index (χ0n) is 11.3. The third-order valence-corrected chi connectivity index (χ3v) is 6.34. The molecule has 0 heterocycles. The van der Waals surface area contributed by atoms with Crippen molar-refractivity contribution in [2.75, 3.05) is 18.1 Å². The van der Waals surface area contributed by atoms with Gasteiger partial charge in [0.2, 0.25) is 5.91 Å². The minimum absolute atomic E-state index is 0.234. The molecule has 0 atom stereocenters. The lowest BCUT2D eigenvalue weighted by molar-refractivity contribution is -0.137. The molecule has 106 valence electrons. The van der Waals surface area contributed by atoms with Crippen LogP contribution in [0.2, 0.25) is 0 Å². The highest BCUT2D eigenvalue weighted by atomic mass is 79.9. The minimum atomic E-state index is -3.39. The highest BCUT2D eigenvalue weighted by molar-refractivity contribution is 9.09.